The average Bonchev–Trinajstić information content (AvgIpc) is 3.22. The number of nitrogens with zero attached hydrogens (tertiary/aromatic N) is 3. The van der Waals surface area contributed by atoms with Crippen molar-refractivity contribution in [3.05, 3.63) is 62.8 Å². The highest BCUT2D eigenvalue weighted by Crippen LogP contribution is 2.44. The van der Waals surface area contributed by atoms with Gasteiger partial charge in [0.15, 0.2) is 0 Å². The minimum absolute atomic E-state index is 0.0965. The van der Waals surface area contributed by atoms with Crippen LogP contribution in [-0.2, 0) is 11.2 Å². The number of para-hydroxylation sites is 1. The molecule has 1 unspecified atom stereocenters. The molecule has 1 aromatic heterocycles. The normalized spacial score (nSPS) is 20.2. The van der Waals surface area contributed by atoms with Crippen LogP contribution in [0.5, 0.6) is 0 Å². The number of amides is 1. The maximum absolute atomic E-state index is 12.9. The number of allylic oxidation sites excluding steroid dienone is 1. The molecule has 0 spiro atoms. The van der Waals surface area contributed by atoms with Crippen molar-refractivity contribution < 1.29 is 4.79 Å². The molecule has 1 fully saturated rings. The van der Waals surface area contributed by atoms with Gasteiger partial charge in [0.05, 0.1) is 29.2 Å². The van der Waals surface area contributed by atoms with Gasteiger partial charge in [-0.2, -0.15) is 5.26 Å². The first-order chi connectivity index (χ1) is 12.7. The Hall–Kier alpha value is -2.23. The van der Waals surface area contributed by atoms with Crippen LogP contribution in [0.4, 0.5) is 5.69 Å². The Labute approximate surface area is 161 Å². The van der Waals surface area contributed by atoms with Crippen LogP contribution < -0.4 is 4.90 Å². The number of thiophene rings is 1. The van der Waals surface area contributed by atoms with Crippen LogP contribution in [0.1, 0.15) is 29.7 Å². The molecule has 2 aliphatic rings. The molecule has 6 heteroatoms. The highest BCUT2D eigenvalue weighted by atomic mass is 32.2. The van der Waals surface area contributed by atoms with Gasteiger partial charge >= 0.3 is 0 Å². The highest BCUT2D eigenvalue weighted by molar-refractivity contribution is 8.03. The first-order valence-corrected chi connectivity index (χ1v) is 10.5. The van der Waals surface area contributed by atoms with E-state index < -0.39 is 0 Å². The third kappa shape index (κ3) is 2.91. The van der Waals surface area contributed by atoms with E-state index in [4.69, 9.17) is 0 Å². The Bertz CT molecular complexity index is 898. The first-order valence-electron chi connectivity index (χ1n) is 8.66. The number of carbonyl (C=O) groups is 1. The quantitative estimate of drug-likeness (QED) is 0.784. The van der Waals surface area contributed by atoms with Gasteiger partial charge in [0.25, 0.3) is 0 Å². The van der Waals surface area contributed by atoms with Crippen molar-refractivity contribution in [2.75, 3.05) is 17.4 Å². The maximum Gasteiger partial charge on any atom is 0.229 e. The van der Waals surface area contributed by atoms with Crippen molar-refractivity contribution in [3.8, 4) is 6.07 Å². The minimum Gasteiger partial charge on any atom is -0.343 e. The summed E-state index contributed by atoms with van der Waals surface area (Å²) in [4.78, 5) is 18.0. The van der Waals surface area contributed by atoms with Crippen molar-refractivity contribution in [3.63, 3.8) is 0 Å². The summed E-state index contributed by atoms with van der Waals surface area (Å²) in [6.07, 6.45) is 1.33. The highest BCUT2D eigenvalue weighted by Gasteiger charge is 2.38. The van der Waals surface area contributed by atoms with Gasteiger partial charge < -0.3 is 4.90 Å². The second-order valence-corrected chi connectivity index (χ2v) is 8.27. The lowest BCUT2D eigenvalue weighted by Gasteiger charge is -2.42. The molecule has 1 aromatic carbocycles. The van der Waals surface area contributed by atoms with E-state index in [0.29, 0.717) is 13.1 Å². The summed E-state index contributed by atoms with van der Waals surface area (Å²) in [5.74, 6) is 0.752. The average molecular weight is 382 g/mol. The van der Waals surface area contributed by atoms with E-state index in [1.54, 1.807) is 28.0 Å². The van der Waals surface area contributed by atoms with E-state index in [0.717, 1.165) is 27.8 Å². The summed E-state index contributed by atoms with van der Waals surface area (Å²) in [5, 5.41) is 12.6. The fourth-order valence-corrected chi connectivity index (χ4v) is 5.56. The largest absolute Gasteiger partial charge is 0.343 e. The number of nitriles is 1. The van der Waals surface area contributed by atoms with Crippen LogP contribution in [0.2, 0.25) is 0 Å². The molecule has 4 rings (SSSR count). The molecule has 0 saturated carbocycles. The van der Waals surface area contributed by atoms with Crippen LogP contribution in [0.25, 0.3) is 0 Å². The number of fused-ring (bicyclic) bond motifs is 1. The van der Waals surface area contributed by atoms with Crippen LogP contribution in [0, 0.1) is 11.3 Å². The number of anilines is 1. The molecule has 1 saturated heterocycles. The minimum atomic E-state index is -0.0965. The number of aryl methyl sites for hydroxylation is 1. The molecule has 1 atom stereocenters. The smallest absolute Gasteiger partial charge is 0.229 e. The molecule has 0 N–H and O–H groups in total. The van der Waals surface area contributed by atoms with Gasteiger partial charge in [0, 0.05) is 22.9 Å². The molecule has 4 nitrogen and oxygen atoms in total. The Morgan fingerprint density at radius 2 is 2.12 bits per heavy atom. The van der Waals surface area contributed by atoms with Crippen molar-refractivity contribution in [1.82, 2.24) is 4.90 Å². The molecule has 2 aliphatic heterocycles. The number of thioether (sulfide) groups is 1. The first kappa shape index (κ1) is 17.2. The maximum atomic E-state index is 12.9. The van der Waals surface area contributed by atoms with Gasteiger partial charge in [-0.25, -0.2) is 0 Å². The Morgan fingerprint density at radius 1 is 1.27 bits per heavy atom. The zero-order valence-electron chi connectivity index (χ0n) is 14.5. The molecule has 0 bridgehead atoms. The lowest BCUT2D eigenvalue weighted by atomic mass is 9.92. The zero-order valence-corrected chi connectivity index (χ0v) is 16.1. The van der Waals surface area contributed by atoms with Gasteiger partial charge in [-0.3, -0.25) is 9.69 Å². The van der Waals surface area contributed by atoms with Gasteiger partial charge in [0.1, 0.15) is 0 Å². The van der Waals surface area contributed by atoms with Gasteiger partial charge in [-0.1, -0.05) is 43.0 Å². The third-order valence-electron chi connectivity index (χ3n) is 4.89. The summed E-state index contributed by atoms with van der Waals surface area (Å²) in [6.45, 7) is 2.66. The Balaban J connectivity index is 1.67. The number of rotatable bonds is 3. The summed E-state index contributed by atoms with van der Waals surface area (Å²) < 4.78 is 0. The summed E-state index contributed by atoms with van der Waals surface area (Å²) in [5.41, 5.74) is 3.19. The fraction of sp³-hybridized carbons (Fsp3) is 0.300. The van der Waals surface area contributed by atoms with E-state index >= 15 is 0 Å². The SMILES string of the molecule is CCc1ccccc1N1CSC2=C(C#N)C(c3cccs3)CC(=O)N2C1. The van der Waals surface area contributed by atoms with Crippen molar-refractivity contribution >= 4 is 34.7 Å². The van der Waals surface area contributed by atoms with E-state index in [1.807, 2.05) is 23.6 Å². The molecule has 2 aromatic rings. The number of hydrogen-bond acceptors (Lipinski definition) is 5. The van der Waals surface area contributed by atoms with Gasteiger partial charge in [-0.15, -0.1) is 11.3 Å². The molecule has 0 aliphatic carbocycles. The van der Waals surface area contributed by atoms with Crippen molar-refractivity contribution in [2.45, 2.75) is 25.7 Å². The van der Waals surface area contributed by atoms with Crippen LogP contribution >= 0.6 is 23.1 Å². The third-order valence-corrected chi connectivity index (χ3v) is 7.03. The summed E-state index contributed by atoms with van der Waals surface area (Å²) in [6, 6.07) is 14.7. The second kappa shape index (κ2) is 7.18. The molecular formula is C20H19N3OS2. The Kier molecular flexibility index (Phi) is 4.75. The number of carbonyl (C=O) groups excluding carboxylic acids is 1. The predicted molar refractivity (Wildman–Crippen MR) is 107 cm³/mol. The molecule has 26 heavy (non-hydrogen) atoms. The monoisotopic (exact) mass is 381 g/mol. The lowest BCUT2D eigenvalue weighted by Crippen LogP contribution is -2.47. The lowest BCUT2D eigenvalue weighted by molar-refractivity contribution is -0.129. The van der Waals surface area contributed by atoms with E-state index in [1.165, 1.54) is 11.3 Å². The summed E-state index contributed by atoms with van der Waals surface area (Å²) >= 11 is 3.22. The van der Waals surface area contributed by atoms with Crippen molar-refractivity contribution in [1.29, 1.82) is 5.26 Å². The second-order valence-electron chi connectivity index (χ2n) is 6.36. The number of hydrogen-bond donors (Lipinski definition) is 0. The standard InChI is InChI=1S/C20H19N3OS2/c1-2-14-6-3-4-7-17(14)22-12-23-19(24)10-15(18-8-5-9-25-18)16(11-21)20(23)26-13-22/h3-9,15H,2,10,12-13H2,1H3. The summed E-state index contributed by atoms with van der Waals surface area (Å²) in [7, 11) is 0. The van der Waals surface area contributed by atoms with Crippen LogP contribution in [0.3, 0.4) is 0 Å². The van der Waals surface area contributed by atoms with Crippen molar-refractivity contribution in [2.24, 2.45) is 0 Å². The Morgan fingerprint density at radius 3 is 2.85 bits per heavy atom. The van der Waals surface area contributed by atoms with E-state index in [9.17, 15) is 10.1 Å². The predicted octanol–water partition coefficient (Wildman–Crippen LogP) is 4.53. The van der Waals surface area contributed by atoms with Gasteiger partial charge in [0.2, 0.25) is 5.91 Å². The van der Waals surface area contributed by atoms with Crippen LogP contribution in [-0.4, -0.2) is 23.4 Å². The van der Waals surface area contributed by atoms with Crippen LogP contribution in [0.15, 0.2) is 52.4 Å². The fourth-order valence-electron chi connectivity index (χ4n) is 3.57. The number of benzene rings is 1. The topological polar surface area (TPSA) is 47.3 Å². The molecule has 132 valence electrons. The van der Waals surface area contributed by atoms with E-state index in [2.05, 4.69) is 36.1 Å². The van der Waals surface area contributed by atoms with E-state index in [-0.39, 0.29) is 11.8 Å². The molecule has 0 radical (unpaired) electrons. The van der Waals surface area contributed by atoms with Gasteiger partial charge in [-0.05, 0) is 29.5 Å². The molecule has 1 amide bonds. The molecular weight excluding hydrogens is 362 g/mol. The zero-order chi connectivity index (χ0) is 18.1. The molecule has 3 heterocycles.